The summed E-state index contributed by atoms with van der Waals surface area (Å²) in [7, 11) is -2.30. The van der Waals surface area contributed by atoms with Gasteiger partial charge in [0.15, 0.2) is 0 Å². The maximum absolute atomic E-state index is 11.8. The van der Waals surface area contributed by atoms with E-state index in [-0.39, 0.29) is 5.56 Å². The summed E-state index contributed by atoms with van der Waals surface area (Å²) >= 11 is 0.399. The van der Waals surface area contributed by atoms with Gasteiger partial charge in [0.2, 0.25) is 0 Å². The van der Waals surface area contributed by atoms with Crippen LogP contribution in [0.5, 0.6) is 0 Å². The molecule has 3 nitrogen and oxygen atoms in total. The van der Waals surface area contributed by atoms with E-state index in [9.17, 15) is 4.79 Å². The molecule has 1 aromatic rings. The van der Waals surface area contributed by atoms with Crippen LogP contribution >= 0.6 is 10.2 Å². The first kappa shape index (κ1) is 21.4. The second-order valence-electron chi connectivity index (χ2n) is 9.29. The Kier molecular flexibility index (Phi) is 6.49. The minimum absolute atomic E-state index is 0.0320. The molecule has 0 spiro atoms. The molecule has 0 aliphatic rings. The van der Waals surface area contributed by atoms with E-state index in [1.807, 2.05) is 17.1 Å². The Morgan fingerprint density at radius 1 is 1.00 bits per heavy atom. The van der Waals surface area contributed by atoms with E-state index in [0.29, 0.717) is 17.0 Å². The number of nitrogens with zero attached hydrogens (tertiary/aromatic N) is 1. The number of rotatable bonds is 6. The number of aromatic amines is 1. The molecule has 1 N–H and O–H groups in total. The molecular weight excluding hydrogens is 419 g/mol. The van der Waals surface area contributed by atoms with Crippen molar-refractivity contribution in [1.29, 1.82) is 0 Å². The third-order valence-corrected chi connectivity index (χ3v) is 43.3. The molecule has 0 radical (unpaired) electrons. The summed E-state index contributed by atoms with van der Waals surface area (Å²) in [6.45, 7) is 24.9. The zero-order valence-corrected chi connectivity index (χ0v) is 21.8. The number of hydrogen-bond donors (Lipinski definition) is 1. The third kappa shape index (κ3) is 4.52. The fourth-order valence-corrected chi connectivity index (χ4v) is 52.9. The van der Waals surface area contributed by atoms with Crippen molar-refractivity contribution in [3.05, 3.63) is 22.1 Å². The molecule has 132 valence electrons. The average molecular weight is 452 g/mol. The number of nitrogens with one attached hydrogen (secondary N) is 1. The summed E-state index contributed by atoms with van der Waals surface area (Å²) in [5.74, 6) is 0. The molecule has 0 unspecified atom stereocenters. The Hall–Kier alpha value is 0.400. The standard InChI is InChI=1S/C15H32N2OSSeSi3/c1-12-11-13(18)17-14(16-12)19-20-15(21(2,3)4,22(5,6)7)23(8,9)10/h11H,1-10H3,(H,16,17,18). The topological polar surface area (TPSA) is 45.8 Å². The average Bonchev–Trinajstić information content (AvgIpc) is 2.21. The molecule has 1 rings (SSSR count). The monoisotopic (exact) mass is 452 g/mol. The van der Waals surface area contributed by atoms with Crippen LogP contribution < -0.4 is 5.56 Å². The second kappa shape index (κ2) is 6.96. The SMILES string of the molecule is Cc1cc(=O)[nH]c(S[Se]C([Si](C)(C)C)([Si](C)(C)C)[Si](C)(C)C)n1. The molecule has 0 aliphatic heterocycles. The molecule has 0 fully saturated rings. The van der Waals surface area contributed by atoms with Gasteiger partial charge in [0.05, 0.1) is 0 Å². The van der Waals surface area contributed by atoms with Crippen molar-refractivity contribution in [2.75, 3.05) is 0 Å². The van der Waals surface area contributed by atoms with Gasteiger partial charge in [-0.05, 0) is 0 Å². The fraction of sp³-hybridized carbons (Fsp3) is 0.733. The van der Waals surface area contributed by atoms with Crippen LogP contribution in [0.3, 0.4) is 0 Å². The molecule has 0 saturated heterocycles. The van der Waals surface area contributed by atoms with E-state index in [1.54, 1.807) is 6.07 Å². The fourth-order valence-electron chi connectivity index (χ4n) is 4.44. The summed E-state index contributed by atoms with van der Waals surface area (Å²) in [5, 5.41) is 0.814. The van der Waals surface area contributed by atoms with Crippen molar-refractivity contribution in [2.45, 2.75) is 74.2 Å². The second-order valence-corrected chi connectivity index (χ2v) is 33.1. The van der Waals surface area contributed by atoms with E-state index in [2.05, 4.69) is 68.9 Å². The molecule has 0 atom stereocenters. The number of H-pyrrole nitrogens is 1. The van der Waals surface area contributed by atoms with Crippen LogP contribution in [0.15, 0.2) is 16.0 Å². The van der Waals surface area contributed by atoms with Gasteiger partial charge < -0.3 is 0 Å². The van der Waals surface area contributed by atoms with Crippen LogP contribution in [-0.2, 0) is 0 Å². The van der Waals surface area contributed by atoms with Crippen LogP contribution in [0.2, 0.25) is 62.1 Å². The van der Waals surface area contributed by atoms with Gasteiger partial charge in [0.25, 0.3) is 0 Å². The third-order valence-electron chi connectivity index (χ3n) is 4.26. The molecule has 8 heteroatoms. The van der Waals surface area contributed by atoms with Crippen molar-refractivity contribution in [3.63, 3.8) is 0 Å². The van der Waals surface area contributed by atoms with Crippen LogP contribution in [0.25, 0.3) is 0 Å². The van der Waals surface area contributed by atoms with Gasteiger partial charge in [-0.15, -0.1) is 0 Å². The van der Waals surface area contributed by atoms with Crippen molar-refractivity contribution in [1.82, 2.24) is 9.97 Å². The summed E-state index contributed by atoms with van der Waals surface area (Å²) < 4.78 is 0.535. The first-order valence-electron chi connectivity index (χ1n) is 8.05. The van der Waals surface area contributed by atoms with Gasteiger partial charge in [0, 0.05) is 0 Å². The molecule has 1 aromatic heterocycles. The normalized spacial score (nSPS) is 14.2. The Balaban J connectivity index is 3.34. The first-order chi connectivity index (χ1) is 10.1. The van der Waals surface area contributed by atoms with Gasteiger partial charge in [-0.25, -0.2) is 0 Å². The Morgan fingerprint density at radius 2 is 1.43 bits per heavy atom. The molecule has 23 heavy (non-hydrogen) atoms. The molecule has 0 saturated carbocycles. The summed E-state index contributed by atoms with van der Waals surface area (Å²) in [5.41, 5.74) is 0.780. The van der Waals surface area contributed by atoms with Crippen molar-refractivity contribution >= 4 is 48.2 Å². The minimum atomic E-state index is -1.38. The number of aryl methyl sites for hydroxylation is 1. The summed E-state index contributed by atoms with van der Waals surface area (Å²) in [4.78, 5) is 19.2. The maximum atomic E-state index is 11.8. The summed E-state index contributed by atoms with van der Waals surface area (Å²) in [6, 6.07) is 1.57. The van der Waals surface area contributed by atoms with Gasteiger partial charge in [0.1, 0.15) is 0 Å². The summed E-state index contributed by atoms with van der Waals surface area (Å²) in [6.07, 6.45) is 0. The molecule has 0 aromatic carbocycles. The van der Waals surface area contributed by atoms with E-state index in [4.69, 9.17) is 0 Å². The van der Waals surface area contributed by atoms with Crippen molar-refractivity contribution < 1.29 is 0 Å². The molecule has 0 amide bonds. The van der Waals surface area contributed by atoms with Crippen molar-refractivity contribution in [3.8, 4) is 0 Å². The zero-order valence-electron chi connectivity index (χ0n) is 16.2. The van der Waals surface area contributed by atoms with Crippen LogP contribution in [0.1, 0.15) is 5.69 Å². The Bertz CT molecular complexity index is 579. The number of hydrogen-bond acceptors (Lipinski definition) is 3. The Morgan fingerprint density at radius 3 is 1.78 bits per heavy atom. The quantitative estimate of drug-likeness (QED) is 0.509. The molecular formula is C15H32N2OSSeSi3. The van der Waals surface area contributed by atoms with Gasteiger partial charge in [-0.3, -0.25) is 0 Å². The predicted molar refractivity (Wildman–Crippen MR) is 114 cm³/mol. The predicted octanol–water partition coefficient (Wildman–Crippen LogP) is 4.58. The van der Waals surface area contributed by atoms with Gasteiger partial charge >= 0.3 is 155 Å². The molecule has 0 aliphatic carbocycles. The van der Waals surface area contributed by atoms with Crippen LogP contribution in [0.4, 0.5) is 0 Å². The van der Waals surface area contributed by atoms with Crippen LogP contribution in [0, 0.1) is 6.92 Å². The van der Waals surface area contributed by atoms with E-state index in [0.717, 1.165) is 10.9 Å². The first-order valence-corrected chi connectivity index (χ1v) is 22.2. The van der Waals surface area contributed by atoms with E-state index in [1.165, 1.54) is 0 Å². The molecule has 0 bridgehead atoms. The van der Waals surface area contributed by atoms with Crippen molar-refractivity contribution in [2.24, 2.45) is 0 Å². The Labute approximate surface area is 154 Å². The van der Waals surface area contributed by atoms with Gasteiger partial charge in [-0.1, -0.05) is 0 Å². The van der Waals surface area contributed by atoms with Crippen LogP contribution in [-0.4, -0.2) is 48.0 Å². The van der Waals surface area contributed by atoms with E-state index < -0.39 is 24.2 Å². The zero-order chi connectivity index (χ0) is 18.3. The van der Waals surface area contributed by atoms with Gasteiger partial charge in [-0.2, -0.15) is 0 Å². The molecule has 1 heterocycles. The van der Waals surface area contributed by atoms with E-state index >= 15 is 0 Å². The number of aromatic nitrogens is 2.